The molecule has 1 aromatic carbocycles. The first-order chi connectivity index (χ1) is 10.9. The smallest absolute Gasteiger partial charge is 0.277 e. The molecule has 1 heterocycles. The van der Waals surface area contributed by atoms with Crippen molar-refractivity contribution in [2.45, 2.75) is 17.5 Å². The van der Waals surface area contributed by atoms with E-state index in [-0.39, 0.29) is 12.2 Å². The third kappa shape index (κ3) is 4.45. The highest BCUT2D eigenvalue weighted by Gasteiger charge is 2.34. The van der Waals surface area contributed by atoms with Crippen LogP contribution in [0.5, 0.6) is 0 Å². The Hall–Kier alpha value is -1.66. The van der Waals surface area contributed by atoms with E-state index in [1.165, 1.54) is 0 Å². The number of sulfone groups is 1. The second kappa shape index (κ2) is 6.33. The molecule has 134 valence electrons. The topological polar surface area (TPSA) is 109 Å². The van der Waals surface area contributed by atoms with Crippen LogP contribution in [-0.4, -0.2) is 34.2 Å². The van der Waals surface area contributed by atoms with Gasteiger partial charge in [0, 0.05) is 0 Å². The molecular formula is C12H13F3N2O5S2. The zero-order valence-electron chi connectivity index (χ0n) is 12.0. The number of carbonyl (C=O) groups is 1. The van der Waals surface area contributed by atoms with Crippen molar-refractivity contribution in [3.8, 4) is 0 Å². The molecule has 1 aliphatic rings. The van der Waals surface area contributed by atoms with E-state index in [2.05, 4.69) is 0 Å². The number of nitrogens with one attached hydrogen (secondary N) is 2. The van der Waals surface area contributed by atoms with Gasteiger partial charge in [-0.25, -0.2) is 16.8 Å². The fraction of sp³-hybridized carbons (Fsp3) is 0.417. The van der Waals surface area contributed by atoms with Gasteiger partial charge in [0.1, 0.15) is 0 Å². The molecule has 1 saturated heterocycles. The van der Waals surface area contributed by atoms with E-state index in [0.717, 1.165) is 12.1 Å². The monoisotopic (exact) mass is 386 g/mol. The standard InChI is InChI=1S/C12H13F3N2O5S2/c13-12(14,15)9-2-1-3-10(6-9)24(21,22)17-16-11(18)8-4-5-23(19,20)7-8/h1-3,6,8,17H,4-5,7H2,(H,16,18)/t8-/m0/s1. The number of carbonyl (C=O) groups excluding carboxylic acids is 1. The molecule has 0 bridgehead atoms. The summed E-state index contributed by atoms with van der Waals surface area (Å²) in [5.41, 5.74) is 0.683. The van der Waals surface area contributed by atoms with Crippen molar-refractivity contribution < 1.29 is 34.8 Å². The third-order valence-corrected chi connectivity index (χ3v) is 6.40. The van der Waals surface area contributed by atoms with Gasteiger partial charge in [0.2, 0.25) is 5.91 Å². The Morgan fingerprint density at radius 3 is 2.46 bits per heavy atom. The summed E-state index contributed by atoms with van der Waals surface area (Å²) in [4.78, 5) is 12.7. The highest BCUT2D eigenvalue weighted by molar-refractivity contribution is 7.91. The largest absolute Gasteiger partial charge is 0.416 e. The van der Waals surface area contributed by atoms with E-state index < -0.39 is 54.1 Å². The van der Waals surface area contributed by atoms with Crippen LogP contribution in [0.3, 0.4) is 0 Å². The average Bonchev–Trinajstić information content (AvgIpc) is 2.84. The van der Waals surface area contributed by atoms with Crippen LogP contribution in [0, 0.1) is 5.92 Å². The van der Waals surface area contributed by atoms with Gasteiger partial charge in [-0.05, 0) is 24.6 Å². The highest BCUT2D eigenvalue weighted by atomic mass is 32.2. The normalized spacial score (nSPS) is 20.7. The lowest BCUT2D eigenvalue weighted by molar-refractivity contribution is -0.137. The number of hydrogen-bond donors (Lipinski definition) is 2. The van der Waals surface area contributed by atoms with Crippen LogP contribution in [0.2, 0.25) is 0 Å². The van der Waals surface area contributed by atoms with E-state index in [9.17, 15) is 34.8 Å². The Morgan fingerprint density at radius 1 is 1.25 bits per heavy atom. The molecule has 12 heteroatoms. The first-order valence-electron chi connectivity index (χ1n) is 6.60. The van der Waals surface area contributed by atoms with Crippen molar-refractivity contribution in [2.24, 2.45) is 5.92 Å². The van der Waals surface area contributed by atoms with E-state index in [4.69, 9.17) is 0 Å². The van der Waals surface area contributed by atoms with Crippen molar-refractivity contribution in [2.75, 3.05) is 11.5 Å². The fourth-order valence-electron chi connectivity index (χ4n) is 2.12. The maximum absolute atomic E-state index is 12.6. The van der Waals surface area contributed by atoms with Gasteiger partial charge < -0.3 is 0 Å². The van der Waals surface area contributed by atoms with Crippen LogP contribution in [0.25, 0.3) is 0 Å². The van der Waals surface area contributed by atoms with Crippen LogP contribution >= 0.6 is 0 Å². The summed E-state index contributed by atoms with van der Waals surface area (Å²) in [5.74, 6) is -2.33. The van der Waals surface area contributed by atoms with Crippen molar-refractivity contribution in [1.29, 1.82) is 0 Å². The SMILES string of the molecule is O=C(NNS(=O)(=O)c1cccc(C(F)(F)F)c1)[C@H]1CCS(=O)(=O)C1. The minimum absolute atomic E-state index is 0.0550. The van der Waals surface area contributed by atoms with E-state index in [0.29, 0.717) is 12.1 Å². The molecule has 1 fully saturated rings. The van der Waals surface area contributed by atoms with Gasteiger partial charge >= 0.3 is 6.18 Å². The van der Waals surface area contributed by atoms with Crippen LogP contribution in [0.1, 0.15) is 12.0 Å². The Labute approximate surface area is 136 Å². The molecule has 2 N–H and O–H groups in total. The molecule has 0 spiro atoms. The van der Waals surface area contributed by atoms with E-state index in [1.54, 1.807) is 4.83 Å². The quantitative estimate of drug-likeness (QED) is 0.731. The molecule has 0 aliphatic carbocycles. The van der Waals surface area contributed by atoms with Crippen molar-refractivity contribution in [3.05, 3.63) is 29.8 Å². The number of amides is 1. The molecule has 1 amide bonds. The summed E-state index contributed by atoms with van der Waals surface area (Å²) in [5, 5.41) is 0. The lowest BCUT2D eigenvalue weighted by atomic mass is 10.1. The molecule has 0 saturated carbocycles. The average molecular weight is 386 g/mol. The summed E-state index contributed by atoms with van der Waals surface area (Å²) >= 11 is 0. The number of hydrogen-bond acceptors (Lipinski definition) is 5. The van der Waals surface area contributed by atoms with Gasteiger partial charge in [0.05, 0.1) is 27.9 Å². The molecule has 24 heavy (non-hydrogen) atoms. The summed E-state index contributed by atoms with van der Waals surface area (Å²) in [6.07, 6.45) is -4.66. The van der Waals surface area contributed by atoms with E-state index >= 15 is 0 Å². The lowest BCUT2D eigenvalue weighted by Gasteiger charge is -2.12. The second-order valence-corrected chi connectivity index (χ2v) is 9.13. The Balaban J connectivity index is 2.08. The third-order valence-electron chi connectivity index (χ3n) is 3.38. The number of halogens is 3. The molecule has 2 rings (SSSR count). The first-order valence-corrected chi connectivity index (χ1v) is 9.90. The molecule has 0 aromatic heterocycles. The van der Waals surface area contributed by atoms with Gasteiger partial charge in [-0.15, -0.1) is 4.83 Å². The van der Waals surface area contributed by atoms with Crippen molar-refractivity contribution in [1.82, 2.24) is 10.3 Å². The van der Waals surface area contributed by atoms with Gasteiger partial charge in [-0.1, -0.05) is 6.07 Å². The molecule has 0 radical (unpaired) electrons. The molecule has 1 aliphatic heterocycles. The van der Waals surface area contributed by atoms with Crippen molar-refractivity contribution in [3.63, 3.8) is 0 Å². The van der Waals surface area contributed by atoms with Gasteiger partial charge in [0.25, 0.3) is 10.0 Å². The maximum Gasteiger partial charge on any atom is 0.416 e. The number of alkyl halides is 3. The minimum Gasteiger partial charge on any atom is -0.277 e. The Bertz CT molecular complexity index is 850. The summed E-state index contributed by atoms with van der Waals surface area (Å²) in [7, 11) is -7.76. The maximum atomic E-state index is 12.6. The van der Waals surface area contributed by atoms with E-state index in [1.807, 2.05) is 5.43 Å². The lowest BCUT2D eigenvalue weighted by Crippen LogP contribution is -2.44. The zero-order chi connectivity index (χ0) is 18.2. The molecule has 0 unspecified atom stereocenters. The molecule has 1 aromatic rings. The minimum atomic E-state index is -4.72. The van der Waals surface area contributed by atoms with Crippen LogP contribution in [0.4, 0.5) is 13.2 Å². The molecule has 1 atom stereocenters. The van der Waals surface area contributed by atoms with Gasteiger partial charge in [-0.3, -0.25) is 10.2 Å². The number of benzene rings is 1. The predicted octanol–water partition coefficient (Wildman–Crippen LogP) is 0.450. The number of hydrazine groups is 1. The summed E-state index contributed by atoms with van der Waals surface area (Å²) in [6.45, 7) is 0. The number of sulfonamides is 1. The second-order valence-electron chi connectivity index (χ2n) is 5.22. The van der Waals surface area contributed by atoms with Gasteiger partial charge in [0.15, 0.2) is 9.84 Å². The van der Waals surface area contributed by atoms with Gasteiger partial charge in [-0.2, -0.15) is 13.2 Å². The Morgan fingerprint density at radius 2 is 1.92 bits per heavy atom. The Kier molecular flexibility index (Phi) is 4.93. The number of rotatable bonds is 4. The predicted molar refractivity (Wildman–Crippen MR) is 76.7 cm³/mol. The fourth-order valence-corrected chi connectivity index (χ4v) is 4.75. The van der Waals surface area contributed by atoms with Crippen LogP contribution in [0.15, 0.2) is 29.2 Å². The van der Waals surface area contributed by atoms with Crippen LogP contribution in [-0.2, 0) is 30.8 Å². The van der Waals surface area contributed by atoms with Crippen LogP contribution < -0.4 is 10.3 Å². The summed E-state index contributed by atoms with van der Waals surface area (Å²) < 4.78 is 84.3. The highest BCUT2D eigenvalue weighted by Crippen LogP contribution is 2.30. The zero-order valence-corrected chi connectivity index (χ0v) is 13.6. The van der Waals surface area contributed by atoms with Crippen molar-refractivity contribution >= 4 is 25.8 Å². The first kappa shape index (κ1) is 18.7. The summed E-state index contributed by atoms with van der Waals surface area (Å²) in [6, 6.07) is 2.99. The molecule has 7 nitrogen and oxygen atoms in total. The molecular weight excluding hydrogens is 373 g/mol.